The van der Waals surface area contributed by atoms with Crippen LogP contribution in [0.5, 0.6) is 5.75 Å². The molecule has 0 aliphatic carbocycles. The van der Waals surface area contributed by atoms with Gasteiger partial charge in [0, 0.05) is 30.2 Å². The second-order valence-corrected chi connectivity index (χ2v) is 10.4. The molecule has 3 aromatic rings. The summed E-state index contributed by atoms with van der Waals surface area (Å²) in [7, 11) is -3.65. The minimum Gasteiger partial charge on any atom is -0.494 e. The van der Waals surface area contributed by atoms with Crippen molar-refractivity contribution in [2.45, 2.75) is 38.1 Å². The number of hydrogen-bond donors (Lipinski definition) is 1. The van der Waals surface area contributed by atoms with E-state index in [1.165, 1.54) is 4.31 Å². The fourth-order valence-corrected chi connectivity index (χ4v) is 6.06. The van der Waals surface area contributed by atoms with Gasteiger partial charge in [-0.05, 0) is 61.2 Å². The molecule has 4 rings (SSSR count). The number of benzene rings is 2. The first-order valence-electron chi connectivity index (χ1n) is 10.8. The number of aliphatic carboxylic acids is 1. The molecule has 0 bridgehead atoms. The van der Waals surface area contributed by atoms with Crippen LogP contribution in [0.15, 0.2) is 53.6 Å². The zero-order chi connectivity index (χ0) is 23.0. The van der Waals surface area contributed by atoms with Crippen LogP contribution in [0.25, 0.3) is 10.9 Å². The largest absolute Gasteiger partial charge is 0.494 e. The number of fused-ring (bicyclic) bond motifs is 1. The molecule has 2 atom stereocenters. The lowest BCUT2D eigenvalue weighted by molar-refractivity contribution is -0.136. The van der Waals surface area contributed by atoms with Crippen molar-refractivity contribution in [2.24, 2.45) is 5.92 Å². The molecule has 1 N–H and O–H groups in total. The Kier molecular flexibility index (Phi) is 6.01. The number of nitrogens with zero attached hydrogens (tertiary/aromatic N) is 2. The summed E-state index contributed by atoms with van der Waals surface area (Å²) in [6.45, 7) is 7.17. The van der Waals surface area contributed by atoms with Gasteiger partial charge in [0.1, 0.15) is 5.75 Å². The van der Waals surface area contributed by atoms with Crippen LogP contribution < -0.4 is 4.74 Å². The van der Waals surface area contributed by atoms with Crippen LogP contribution in [0.1, 0.15) is 31.0 Å². The van der Waals surface area contributed by atoms with Crippen LogP contribution in [-0.4, -0.2) is 48.1 Å². The van der Waals surface area contributed by atoms with E-state index in [4.69, 9.17) is 4.74 Å². The van der Waals surface area contributed by atoms with Crippen molar-refractivity contribution in [3.8, 4) is 5.75 Å². The summed E-state index contributed by atoms with van der Waals surface area (Å²) in [6, 6.07) is 12.4. The molecule has 7 nitrogen and oxygen atoms in total. The monoisotopic (exact) mass is 456 g/mol. The van der Waals surface area contributed by atoms with Gasteiger partial charge in [0.25, 0.3) is 0 Å². The normalized spacial score (nSPS) is 19.5. The molecule has 170 valence electrons. The van der Waals surface area contributed by atoms with Crippen LogP contribution in [0, 0.1) is 12.8 Å². The minimum absolute atomic E-state index is 0.0676. The summed E-state index contributed by atoms with van der Waals surface area (Å²) in [4.78, 5) is 11.6. The van der Waals surface area contributed by atoms with Crippen molar-refractivity contribution < 1.29 is 23.1 Å². The van der Waals surface area contributed by atoms with Gasteiger partial charge >= 0.3 is 5.97 Å². The fourth-order valence-electron chi connectivity index (χ4n) is 4.50. The van der Waals surface area contributed by atoms with E-state index in [9.17, 15) is 18.3 Å². The molecular weight excluding hydrogens is 428 g/mol. The van der Waals surface area contributed by atoms with Crippen LogP contribution in [-0.2, 0) is 21.2 Å². The van der Waals surface area contributed by atoms with E-state index in [-0.39, 0.29) is 23.3 Å². The van der Waals surface area contributed by atoms with Crippen LogP contribution in [0.4, 0.5) is 0 Å². The molecule has 0 amide bonds. The Morgan fingerprint density at radius 1 is 1.16 bits per heavy atom. The first kappa shape index (κ1) is 22.4. The van der Waals surface area contributed by atoms with Crippen molar-refractivity contribution in [3.05, 3.63) is 59.8 Å². The number of carbonyl (C=O) groups is 1. The van der Waals surface area contributed by atoms with Gasteiger partial charge in [-0.2, -0.15) is 4.31 Å². The van der Waals surface area contributed by atoms with Crippen molar-refractivity contribution in [1.82, 2.24) is 8.87 Å². The van der Waals surface area contributed by atoms with Gasteiger partial charge < -0.3 is 14.4 Å². The summed E-state index contributed by atoms with van der Waals surface area (Å²) in [6.07, 6.45) is 1.81. The van der Waals surface area contributed by atoms with E-state index in [0.717, 1.165) is 22.0 Å². The van der Waals surface area contributed by atoms with Gasteiger partial charge in [-0.15, -0.1) is 0 Å². The molecule has 1 fully saturated rings. The zero-order valence-corrected chi connectivity index (χ0v) is 19.3. The van der Waals surface area contributed by atoms with Crippen molar-refractivity contribution in [3.63, 3.8) is 0 Å². The Bertz CT molecular complexity index is 1250. The van der Waals surface area contributed by atoms with Crippen molar-refractivity contribution >= 4 is 26.9 Å². The highest BCUT2D eigenvalue weighted by Crippen LogP contribution is 2.36. The summed E-state index contributed by atoms with van der Waals surface area (Å²) in [5.41, 5.74) is 2.76. The third-order valence-corrected chi connectivity index (χ3v) is 7.93. The topological polar surface area (TPSA) is 88.8 Å². The number of carboxylic acid groups (broad SMARTS) is 1. The predicted molar refractivity (Wildman–Crippen MR) is 123 cm³/mol. The van der Waals surface area contributed by atoms with E-state index in [1.54, 1.807) is 24.3 Å². The number of carboxylic acids is 1. The first-order valence-corrected chi connectivity index (χ1v) is 12.2. The number of sulfonamides is 1. The lowest BCUT2D eigenvalue weighted by Crippen LogP contribution is -2.29. The third kappa shape index (κ3) is 4.12. The lowest BCUT2D eigenvalue weighted by Gasteiger charge is -2.19. The summed E-state index contributed by atoms with van der Waals surface area (Å²) >= 11 is 0. The van der Waals surface area contributed by atoms with Gasteiger partial charge in [-0.1, -0.05) is 19.1 Å². The van der Waals surface area contributed by atoms with Gasteiger partial charge in [0.05, 0.1) is 24.0 Å². The van der Waals surface area contributed by atoms with E-state index < -0.39 is 16.0 Å². The molecule has 1 saturated heterocycles. The average molecular weight is 457 g/mol. The summed E-state index contributed by atoms with van der Waals surface area (Å²) in [5.74, 6) is -0.177. The van der Waals surface area contributed by atoms with Gasteiger partial charge in [-0.3, -0.25) is 4.79 Å². The Morgan fingerprint density at radius 3 is 2.53 bits per heavy atom. The Morgan fingerprint density at radius 2 is 1.88 bits per heavy atom. The van der Waals surface area contributed by atoms with Crippen LogP contribution in [0.3, 0.4) is 0 Å². The van der Waals surface area contributed by atoms with Gasteiger partial charge in [-0.25, -0.2) is 8.42 Å². The fraction of sp³-hybridized carbons (Fsp3) is 0.375. The molecule has 8 heteroatoms. The molecule has 1 aromatic heterocycles. The standard InChI is InChI=1S/C24H28N2O5S/c1-4-31-19-6-8-20(9-7-19)32(29,30)25-13-17(3)23(15-25)26-14-18(12-24(27)28)21-10-5-16(2)11-22(21)26/h5-11,14,17,23H,4,12-13,15H2,1-3H3,(H,27,28)/t17-,23+/m1/s1. The third-order valence-electron chi connectivity index (χ3n) is 6.08. The molecule has 0 radical (unpaired) electrons. The number of hydrogen-bond acceptors (Lipinski definition) is 4. The maximum Gasteiger partial charge on any atom is 0.307 e. The van der Waals surface area contributed by atoms with Gasteiger partial charge in [0.2, 0.25) is 10.0 Å². The second-order valence-electron chi connectivity index (χ2n) is 8.42. The summed E-state index contributed by atoms with van der Waals surface area (Å²) < 4.78 is 35.6. The number of aromatic nitrogens is 1. The molecule has 2 heterocycles. The van der Waals surface area contributed by atoms with E-state index in [0.29, 0.717) is 25.4 Å². The SMILES string of the molecule is CCOc1ccc(S(=O)(=O)N2C[C@@H](C)[C@@H](n3cc(CC(=O)O)c4ccc(C)cc43)C2)cc1. The molecule has 0 unspecified atom stereocenters. The molecule has 32 heavy (non-hydrogen) atoms. The smallest absolute Gasteiger partial charge is 0.307 e. The lowest BCUT2D eigenvalue weighted by atomic mass is 10.1. The number of rotatable bonds is 7. The highest BCUT2D eigenvalue weighted by molar-refractivity contribution is 7.89. The maximum atomic E-state index is 13.3. The molecule has 0 spiro atoms. The molecule has 1 aliphatic rings. The van der Waals surface area contributed by atoms with Crippen molar-refractivity contribution in [2.75, 3.05) is 19.7 Å². The van der Waals surface area contributed by atoms with Crippen molar-refractivity contribution in [1.29, 1.82) is 0 Å². The highest BCUT2D eigenvalue weighted by atomic mass is 32.2. The van der Waals surface area contributed by atoms with E-state index >= 15 is 0 Å². The molecule has 1 aliphatic heterocycles. The van der Waals surface area contributed by atoms with E-state index in [1.807, 2.05) is 45.2 Å². The Hall–Kier alpha value is -2.84. The van der Waals surface area contributed by atoms with Gasteiger partial charge in [0.15, 0.2) is 0 Å². The molecule has 0 saturated carbocycles. The minimum atomic E-state index is -3.65. The van der Waals surface area contributed by atoms with Crippen LogP contribution in [0.2, 0.25) is 0 Å². The first-order chi connectivity index (χ1) is 15.2. The predicted octanol–water partition coefficient (Wildman–Crippen LogP) is 3.86. The quantitative estimate of drug-likeness (QED) is 0.583. The highest BCUT2D eigenvalue weighted by Gasteiger charge is 2.38. The maximum absolute atomic E-state index is 13.3. The van der Waals surface area contributed by atoms with Crippen LogP contribution >= 0.6 is 0 Å². The number of aryl methyl sites for hydroxylation is 1. The second kappa shape index (κ2) is 8.60. The molecule has 2 aromatic carbocycles. The zero-order valence-electron chi connectivity index (χ0n) is 18.5. The Balaban J connectivity index is 1.66. The Labute approximate surface area is 188 Å². The van der Waals surface area contributed by atoms with E-state index in [2.05, 4.69) is 4.57 Å². The molecular formula is C24H28N2O5S. The number of ether oxygens (including phenoxy) is 1. The summed E-state index contributed by atoms with van der Waals surface area (Å²) in [5, 5.41) is 10.2. The average Bonchev–Trinajstić information content (AvgIpc) is 3.29.